The lowest BCUT2D eigenvalue weighted by Gasteiger charge is -2.06. The zero-order valence-corrected chi connectivity index (χ0v) is 14.2. The van der Waals surface area contributed by atoms with Gasteiger partial charge in [0.05, 0.1) is 18.4 Å². The average molecular weight is 343 g/mol. The van der Waals surface area contributed by atoms with Gasteiger partial charge in [0.15, 0.2) is 0 Å². The molecule has 0 radical (unpaired) electrons. The molecule has 0 unspecified atom stereocenters. The van der Waals surface area contributed by atoms with Crippen molar-refractivity contribution in [2.45, 2.75) is 13.3 Å². The van der Waals surface area contributed by atoms with Crippen molar-refractivity contribution in [3.05, 3.63) is 52.3 Å². The Balaban J connectivity index is 1.94. The number of nitrogens with zero attached hydrogens (tertiary/aromatic N) is 1. The Kier molecular flexibility index (Phi) is 4.52. The van der Waals surface area contributed by atoms with E-state index in [0.29, 0.717) is 27.7 Å². The first-order valence-electron chi connectivity index (χ1n) is 7.38. The molecule has 0 spiro atoms. The van der Waals surface area contributed by atoms with Gasteiger partial charge in [-0.2, -0.15) is 0 Å². The molecule has 0 saturated carbocycles. The molecule has 24 heavy (non-hydrogen) atoms. The van der Waals surface area contributed by atoms with Crippen LogP contribution in [0.2, 0.25) is 0 Å². The van der Waals surface area contributed by atoms with E-state index in [-0.39, 0.29) is 0 Å². The summed E-state index contributed by atoms with van der Waals surface area (Å²) in [5.41, 5.74) is 7.84. The third-order valence-electron chi connectivity index (χ3n) is 3.49. The minimum absolute atomic E-state index is 0.411. The van der Waals surface area contributed by atoms with Gasteiger partial charge in [0.25, 0.3) is 0 Å². The minimum atomic E-state index is -0.421. The Hall–Kier alpha value is -2.80. The van der Waals surface area contributed by atoms with E-state index in [1.807, 2.05) is 13.0 Å². The molecule has 3 rings (SSSR count). The van der Waals surface area contributed by atoms with Gasteiger partial charge in [-0.25, -0.2) is 9.78 Å². The van der Waals surface area contributed by atoms with Crippen LogP contribution < -0.4 is 21.2 Å². The van der Waals surface area contributed by atoms with E-state index in [9.17, 15) is 4.79 Å². The lowest BCUT2D eigenvalue weighted by molar-refractivity contribution is 0.415. The van der Waals surface area contributed by atoms with E-state index in [1.165, 1.54) is 11.3 Å². The fourth-order valence-electron chi connectivity index (χ4n) is 2.09. The molecule has 0 aliphatic heterocycles. The fraction of sp³-hybridized carbons (Fsp3) is 0.176. The van der Waals surface area contributed by atoms with Crippen molar-refractivity contribution in [2.75, 3.05) is 12.5 Å². The first-order valence-corrected chi connectivity index (χ1v) is 8.26. The maximum Gasteiger partial charge on any atom is 0.345 e. The monoisotopic (exact) mass is 343 g/mol. The number of nitrogens with one attached hydrogen (secondary N) is 2. The van der Waals surface area contributed by atoms with E-state index in [1.54, 1.807) is 30.7 Å². The lowest BCUT2D eigenvalue weighted by Crippen LogP contribution is -2.19. The number of rotatable bonds is 6. The molecule has 0 aliphatic rings. The summed E-state index contributed by atoms with van der Waals surface area (Å²) in [5.74, 6) is 0.699. The van der Waals surface area contributed by atoms with Gasteiger partial charge >= 0.3 is 5.63 Å². The normalized spacial score (nSPS) is 10.6. The number of hydrazine groups is 1. The van der Waals surface area contributed by atoms with E-state index < -0.39 is 5.63 Å². The highest BCUT2D eigenvalue weighted by Crippen LogP contribution is 2.26. The number of hydrogen-bond acceptors (Lipinski definition) is 7. The third-order valence-corrected chi connectivity index (χ3v) is 4.25. The number of benzene rings is 1. The molecular formula is C17H17N3O3S. The molecular weight excluding hydrogens is 326 g/mol. The smallest absolute Gasteiger partial charge is 0.345 e. The van der Waals surface area contributed by atoms with Crippen LogP contribution in [0.5, 0.6) is 5.75 Å². The molecule has 124 valence electrons. The maximum absolute atomic E-state index is 12.2. The SMILES string of the molecule is C=C(CC)NNc1nc(-c2cc3cc(OC)ccc3oc2=O)cs1. The second-order valence-corrected chi connectivity index (χ2v) is 5.95. The van der Waals surface area contributed by atoms with E-state index >= 15 is 0 Å². The second-order valence-electron chi connectivity index (χ2n) is 5.10. The highest BCUT2D eigenvalue weighted by molar-refractivity contribution is 7.14. The van der Waals surface area contributed by atoms with E-state index in [4.69, 9.17) is 9.15 Å². The topological polar surface area (TPSA) is 76.4 Å². The highest BCUT2D eigenvalue weighted by atomic mass is 32.1. The van der Waals surface area contributed by atoms with Crippen LogP contribution in [0.1, 0.15) is 13.3 Å². The summed E-state index contributed by atoms with van der Waals surface area (Å²) in [6.45, 7) is 5.84. The maximum atomic E-state index is 12.2. The molecule has 0 aliphatic carbocycles. The first-order chi connectivity index (χ1) is 11.6. The van der Waals surface area contributed by atoms with Gasteiger partial charge in [-0.15, -0.1) is 11.3 Å². The summed E-state index contributed by atoms with van der Waals surface area (Å²) in [5, 5.41) is 3.23. The number of anilines is 1. The summed E-state index contributed by atoms with van der Waals surface area (Å²) < 4.78 is 10.6. The number of fused-ring (bicyclic) bond motifs is 1. The number of ether oxygens (including phenoxy) is 1. The van der Waals surface area contributed by atoms with Gasteiger partial charge in [-0.05, 0) is 30.7 Å². The van der Waals surface area contributed by atoms with Crippen LogP contribution in [0.4, 0.5) is 5.13 Å². The largest absolute Gasteiger partial charge is 0.497 e. The Morgan fingerprint density at radius 3 is 3.00 bits per heavy atom. The van der Waals surface area contributed by atoms with Gasteiger partial charge in [-0.1, -0.05) is 13.5 Å². The lowest BCUT2D eigenvalue weighted by atomic mass is 10.1. The summed E-state index contributed by atoms with van der Waals surface area (Å²) in [4.78, 5) is 16.6. The van der Waals surface area contributed by atoms with Gasteiger partial charge < -0.3 is 14.6 Å². The standard InChI is InChI=1S/C17H17N3O3S/c1-4-10(2)19-20-17-18-14(9-24-17)13-8-11-7-12(22-3)5-6-15(11)23-16(13)21/h5-9,19H,2,4H2,1,3H3,(H,18,20). The van der Waals surface area contributed by atoms with Crippen molar-refractivity contribution in [1.29, 1.82) is 0 Å². The molecule has 2 aromatic heterocycles. The summed E-state index contributed by atoms with van der Waals surface area (Å²) in [6.07, 6.45) is 0.807. The molecule has 1 aromatic carbocycles. The number of aromatic nitrogens is 1. The zero-order chi connectivity index (χ0) is 17.1. The second kappa shape index (κ2) is 6.76. The van der Waals surface area contributed by atoms with Crippen LogP contribution in [0.3, 0.4) is 0 Å². The van der Waals surface area contributed by atoms with Gasteiger partial charge in [0.1, 0.15) is 11.3 Å². The predicted molar refractivity (Wildman–Crippen MR) is 96.3 cm³/mol. The number of hydrogen-bond donors (Lipinski definition) is 2. The molecule has 2 N–H and O–H groups in total. The Labute approximate surface area is 142 Å². The minimum Gasteiger partial charge on any atom is -0.497 e. The third kappa shape index (κ3) is 3.26. The molecule has 3 aromatic rings. The van der Waals surface area contributed by atoms with Crippen LogP contribution >= 0.6 is 11.3 Å². The van der Waals surface area contributed by atoms with Crippen LogP contribution in [0, 0.1) is 0 Å². The van der Waals surface area contributed by atoms with Crippen molar-refractivity contribution < 1.29 is 9.15 Å². The molecule has 7 heteroatoms. The Morgan fingerprint density at radius 1 is 1.42 bits per heavy atom. The number of thiazole rings is 1. The molecule has 0 saturated heterocycles. The van der Waals surface area contributed by atoms with Crippen molar-refractivity contribution in [3.8, 4) is 17.0 Å². The molecule has 0 amide bonds. The molecule has 6 nitrogen and oxygen atoms in total. The molecule has 0 atom stereocenters. The fourth-order valence-corrected chi connectivity index (χ4v) is 2.76. The van der Waals surface area contributed by atoms with Gasteiger partial charge in [0.2, 0.25) is 5.13 Å². The summed E-state index contributed by atoms with van der Waals surface area (Å²) in [7, 11) is 1.59. The van der Waals surface area contributed by atoms with Gasteiger partial charge in [-0.3, -0.25) is 5.43 Å². The number of allylic oxidation sites excluding steroid dienone is 1. The quantitative estimate of drug-likeness (QED) is 0.524. The molecule has 0 fully saturated rings. The molecule has 0 bridgehead atoms. The summed E-state index contributed by atoms with van der Waals surface area (Å²) in [6, 6.07) is 7.05. The Bertz CT molecular complexity index is 946. The van der Waals surface area contributed by atoms with Crippen LogP contribution in [-0.4, -0.2) is 12.1 Å². The van der Waals surface area contributed by atoms with Crippen molar-refractivity contribution in [2.24, 2.45) is 0 Å². The molecule has 2 heterocycles. The predicted octanol–water partition coefficient (Wildman–Crippen LogP) is 3.77. The van der Waals surface area contributed by atoms with Crippen molar-refractivity contribution in [1.82, 2.24) is 10.4 Å². The first kappa shape index (κ1) is 16.1. The summed E-state index contributed by atoms with van der Waals surface area (Å²) >= 11 is 1.39. The van der Waals surface area contributed by atoms with E-state index in [0.717, 1.165) is 17.5 Å². The average Bonchev–Trinajstić information content (AvgIpc) is 3.07. The van der Waals surface area contributed by atoms with Gasteiger partial charge in [0, 0.05) is 16.5 Å². The zero-order valence-electron chi connectivity index (χ0n) is 13.4. The van der Waals surface area contributed by atoms with E-state index in [2.05, 4.69) is 22.4 Å². The Morgan fingerprint density at radius 2 is 2.25 bits per heavy atom. The van der Waals surface area contributed by atoms with Crippen LogP contribution in [-0.2, 0) is 0 Å². The van der Waals surface area contributed by atoms with Crippen molar-refractivity contribution in [3.63, 3.8) is 0 Å². The van der Waals surface area contributed by atoms with Crippen molar-refractivity contribution >= 4 is 27.4 Å². The van der Waals surface area contributed by atoms with Crippen LogP contribution in [0.25, 0.3) is 22.2 Å². The number of methoxy groups -OCH3 is 1. The van der Waals surface area contributed by atoms with Crippen LogP contribution in [0.15, 0.2) is 51.1 Å². The highest BCUT2D eigenvalue weighted by Gasteiger charge is 2.12.